The first-order chi connectivity index (χ1) is 8.82. The fourth-order valence-electron chi connectivity index (χ4n) is 4.20. The summed E-state index contributed by atoms with van der Waals surface area (Å²) in [6.45, 7) is 15.8. The van der Waals surface area contributed by atoms with Gasteiger partial charge in [-0.25, -0.2) is 0 Å². The van der Waals surface area contributed by atoms with E-state index in [1.807, 2.05) is 0 Å². The Hall–Kier alpha value is 0.733. The third-order valence-corrected chi connectivity index (χ3v) is 18.3. The molecule has 0 heterocycles. The maximum absolute atomic E-state index is 9.66. The van der Waals surface area contributed by atoms with Crippen molar-refractivity contribution in [3.63, 3.8) is 0 Å². The van der Waals surface area contributed by atoms with E-state index in [2.05, 4.69) is 56.4 Å². The quantitative estimate of drug-likeness (QED) is 0.658. The van der Waals surface area contributed by atoms with Crippen LogP contribution >= 0.6 is 24.8 Å². The first-order valence-corrected chi connectivity index (χ1v) is 16.1. The van der Waals surface area contributed by atoms with Crippen LogP contribution in [0.5, 0.6) is 0 Å². The van der Waals surface area contributed by atoms with Crippen LogP contribution in [0.2, 0.25) is 8.76 Å². The number of hydrogen-bond donors (Lipinski definition) is 2. The van der Waals surface area contributed by atoms with Crippen molar-refractivity contribution in [3.8, 4) is 0 Å². The van der Waals surface area contributed by atoms with E-state index in [1.54, 1.807) is 0 Å². The first kappa shape index (κ1) is 25.0. The standard InChI is InChI=1S/C9H13.C4H10N.C2H5O.CH3.CH2.2ClH.Zr/c1-6-5-7(2)9(4)8(6)3;1-4(2,3)5;1-2-3;;;;;/h6H,1-4H3;5H,1-3H3;3H,1-2H2;1H3;1H2;2*1H;/q;-1;;;;;;+1. The summed E-state index contributed by atoms with van der Waals surface area (Å²) in [5.41, 5.74) is 4.33. The Kier molecular flexibility index (Phi) is 8.79. The average molecular weight is 432 g/mol. The zero-order valence-corrected chi connectivity index (χ0v) is 19.6. The van der Waals surface area contributed by atoms with E-state index in [-0.39, 0.29) is 37.0 Å². The molecule has 1 rings (SSSR count). The third-order valence-electron chi connectivity index (χ3n) is 4.95. The molecule has 0 fully saturated rings. The Morgan fingerprint density at radius 3 is 1.86 bits per heavy atom. The first-order valence-electron chi connectivity index (χ1n) is 7.68. The van der Waals surface area contributed by atoms with Crippen LogP contribution in [0.4, 0.5) is 0 Å². The minimum atomic E-state index is -3.60. The van der Waals surface area contributed by atoms with E-state index in [9.17, 15) is 5.11 Å². The molecule has 22 heavy (non-hydrogen) atoms. The summed E-state index contributed by atoms with van der Waals surface area (Å²) in [6, 6.07) is 0. The molecule has 0 radical (unpaired) electrons. The molecule has 2 nitrogen and oxygen atoms in total. The van der Waals surface area contributed by atoms with E-state index in [0.717, 1.165) is 4.13 Å². The fourth-order valence-corrected chi connectivity index (χ4v) is 19.1. The molecule has 1 unspecified atom stereocenters. The van der Waals surface area contributed by atoms with Gasteiger partial charge in [-0.15, -0.1) is 24.8 Å². The summed E-state index contributed by atoms with van der Waals surface area (Å²) in [5.74, 6) is 0.463. The summed E-state index contributed by atoms with van der Waals surface area (Å²) in [5, 5.41) is 9.66. The van der Waals surface area contributed by atoms with Gasteiger partial charge < -0.3 is 0 Å². The van der Waals surface area contributed by atoms with Crippen molar-refractivity contribution in [2.75, 3.05) is 6.61 Å². The Labute approximate surface area is 150 Å². The van der Waals surface area contributed by atoms with Crippen LogP contribution in [-0.2, 0) is 18.6 Å². The molecule has 1 atom stereocenters. The molecule has 132 valence electrons. The molecule has 0 bridgehead atoms. The van der Waals surface area contributed by atoms with Gasteiger partial charge in [0.15, 0.2) is 0 Å². The van der Waals surface area contributed by atoms with Crippen LogP contribution in [0.1, 0.15) is 48.5 Å². The van der Waals surface area contributed by atoms with Crippen LogP contribution in [0.3, 0.4) is 0 Å². The Bertz CT molecular complexity index is 543. The van der Waals surface area contributed by atoms with Crippen molar-refractivity contribution in [1.82, 2.24) is 3.26 Å². The van der Waals surface area contributed by atoms with Gasteiger partial charge in [0, 0.05) is 0 Å². The van der Waals surface area contributed by atoms with E-state index < -0.39 is 18.6 Å². The summed E-state index contributed by atoms with van der Waals surface area (Å²) < 4.78 is 13.4. The molecule has 0 aliphatic heterocycles. The Balaban J connectivity index is 0. The van der Waals surface area contributed by atoms with Crippen molar-refractivity contribution in [2.24, 2.45) is 5.92 Å². The van der Waals surface area contributed by atoms with E-state index in [0.29, 0.717) is 5.92 Å². The van der Waals surface area contributed by atoms with Crippen LogP contribution in [0.25, 0.3) is 0 Å². The van der Waals surface area contributed by atoms with E-state index in [4.69, 9.17) is 4.21 Å². The molecular formula is C17H35Cl2NOZr. The average Bonchev–Trinajstić information content (AvgIpc) is 2.40. The van der Waals surface area contributed by atoms with Gasteiger partial charge in [-0.2, -0.15) is 0 Å². The van der Waals surface area contributed by atoms with Crippen molar-refractivity contribution < 1.29 is 23.7 Å². The van der Waals surface area contributed by atoms with Crippen molar-refractivity contribution >= 4 is 29.0 Å². The topological polar surface area (TPSA) is 32.3 Å². The number of aliphatic hydroxyl groups is 1. The molecule has 0 aromatic rings. The molecule has 0 amide bonds. The summed E-state index contributed by atoms with van der Waals surface area (Å²) in [4.78, 5) is 0. The molecule has 2 N–H and O–H groups in total. The number of nitrogens with one attached hydrogen (secondary N) is 1. The van der Waals surface area contributed by atoms with Crippen molar-refractivity contribution in [2.45, 2.75) is 62.8 Å². The Morgan fingerprint density at radius 2 is 1.59 bits per heavy atom. The number of rotatable bonds is 4. The molecule has 0 saturated heterocycles. The SMILES string of the molecule is Cl.Cl.[CH2]=[Zr]([CH3])([CH2]CO)([NH]C(C)(C)C)[C]1=C(C)C(C)=C(C)C1C. The van der Waals surface area contributed by atoms with Crippen LogP contribution in [0, 0.1) is 5.92 Å². The molecular weight excluding hydrogens is 396 g/mol. The van der Waals surface area contributed by atoms with Crippen LogP contribution in [0.15, 0.2) is 20.0 Å². The zero-order valence-electron chi connectivity index (χ0n) is 15.5. The summed E-state index contributed by atoms with van der Waals surface area (Å²) in [7, 11) is 0. The molecule has 0 spiro atoms. The summed E-state index contributed by atoms with van der Waals surface area (Å²) >= 11 is -3.60. The number of hydrogen-bond acceptors (Lipinski definition) is 2. The van der Waals surface area contributed by atoms with Crippen LogP contribution < -0.4 is 3.26 Å². The maximum atomic E-state index is 9.66. The fraction of sp³-hybridized carbons (Fsp3) is 0.706. The van der Waals surface area contributed by atoms with Gasteiger partial charge in [0.25, 0.3) is 0 Å². The molecule has 1 aliphatic rings. The molecule has 1 aliphatic carbocycles. The van der Waals surface area contributed by atoms with E-state index >= 15 is 0 Å². The van der Waals surface area contributed by atoms with Gasteiger partial charge in [0.2, 0.25) is 0 Å². The zero-order chi connectivity index (χ0) is 16.0. The second kappa shape index (κ2) is 7.74. The van der Waals surface area contributed by atoms with Gasteiger partial charge >= 0.3 is 126 Å². The second-order valence-electron chi connectivity index (χ2n) is 8.21. The second-order valence-corrected chi connectivity index (χ2v) is 22.6. The number of halogens is 2. The summed E-state index contributed by atoms with van der Waals surface area (Å²) in [6.07, 6.45) is 0. The van der Waals surface area contributed by atoms with E-state index in [1.165, 1.54) is 20.0 Å². The van der Waals surface area contributed by atoms with Gasteiger partial charge in [-0.1, -0.05) is 0 Å². The predicted octanol–water partition coefficient (Wildman–Crippen LogP) is 4.97. The normalized spacial score (nSPS) is 20.0. The number of aliphatic hydroxyl groups excluding tert-OH is 1. The minimum absolute atomic E-state index is 0. The molecule has 0 saturated carbocycles. The van der Waals surface area contributed by atoms with Crippen molar-refractivity contribution in [3.05, 3.63) is 20.0 Å². The number of allylic oxidation sites excluding steroid dienone is 4. The van der Waals surface area contributed by atoms with Gasteiger partial charge in [-0.3, -0.25) is 0 Å². The molecule has 0 aromatic heterocycles. The monoisotopic (exact) mass is 429 g/mol. The van der Waals surface area contributed by atoms with Crippen molar-refractivity contribution in [1.29, 1.82) is 0 Å². The predicted molar refractivity (Wildman–Crippen MR) is 103 cm³/mol. The Morgan fingerprint density at radius 1 is 1.14 bits per heavy atom. The van der Waals surface area contributed by atoms with Gasteiger partial charge in [0.1, 0.15) is 0 Å². The van der Waals surface area contributed by atoms with Gasteiger partial charge in [-0.05, 0) is 0 Å². The van der Waals surface area contributed by atoms with Gasteiger partial charge in [0.05, 0.1) is 0 Å². The molecule has 0 aromatic carbocycles. The molecule has 5 heteroatoms. The third kappa shape index (κ3) is 4.87. The van der Waals surface area contributed by atoms with Crippen LogP contribution in [-0.4, -0.2) is 21.5 Å².